The highest BCUT2D eigenvalue weighted by Crippen LogP contribution is 2.17. The van der Waals surface area contributed by atoms with Crippen LogP contribution in [0.3, 0.4) is 0 Å². The van der Waals surface area contributed by atoms with Crippen LogP contribution in [0.2, 0.25) is 0 Å². The number of ether oxygens (including phenoxy) is 1. The molecule has 0 saturated carbocycles. The van der Waals surface area contributed by atoms with Crippen molar-refractivity contribution in [3.63, 3.8) is 0 Å². The molecule has 0 saturated heterocycles. The topological polar surface area (TPSA) is 137 Å². The largest absolute Gasteiger partial charge is 0.459 e. The maximum Gasteiger partial charge on any atom is 0.398 e. The first-order valence-electron chi connectivity index (χ1n) is 5.97. The van der Waals surface area contributed by atoms with Crippen molar-refractivity contribution in [2.24, 2.45) is 10.8 Å². The number of rotatable bonds is 5. The number of nitrogens with two attached hydrogens (primary N) is 1. The molecule has 0 fully saturated rings. The SMILES string of the molecule is CCOC(=O)C(=O)NN=C(N)Cc1ccccc1[N+](=O)[O-]. The van der Waals surface area contributed by atoms with E-state index in [0.29, 0.717) is 5.56 Å². The van der Waals surface area contributed by atoms with Crippen LogP contribution in [0.15, 0.2) is 29.4 Å². The third-order valence-corrected chi connectivity index (χ3v) is 2.32. The minimum absolute atomic E-state index is 0.0414. The zero-order valence-electron chi connectivity index (χ0n) is 11.2. The van der Waals surface area contributed by atoms with Crippen LogP contribution < -0.4 is 11.2 Å². The lowest BCUT2D eigenvalue weighted by Crippen LogP contribution is -2.31. The van der Waals surface area contributed by atoms with Gasteiger partial charge in [0.1, 0.15) is 5.84 Å². The molecule has 3 N–H and O–H groups in total. The number of amides is 1. The molecule has 0 heterocycles. The van der Waals surface area contributed by atoms with Crippen molar-refractivity contribution in [3.05, 3.63) is 39.9 Å². The van der Waals surface area contributed by atoms with Gasteiger partial charge in [-0.15, -0.1) is 0 Å². The highest BCUT2D eigenvalue weighted by Gasteiger charge is 2.15. The Labute approximate surface area is 119 Å². The molecule has 0 bridgehead atoms. The molecule has 0 aliphatic rings. The van der Waals surface area contributed by atoms with Crippen molar-refractivity contribution in [3.8, 4) is 0 Å². The van der Waals surface area contributed by atoms with Gasteiger partial charge in [-0.1, -0.05) is 18.2 Å². The zero-order valence-corrected chi connectivity index (χ0v) is 11.2. The Hall–Kier alpha value is -2.97. The van der Waals surface area contributed by atoms with Crippen molar-refractivity contribution < 1.29 is 19.2 Å². The fourth-order valence-corrected chi connectivity index (χ4v) is 1.44. The maximum absolute atomic E-state index is 11.2. The Balaban J connectivity index is 2.71. The van der Waals surface area contributed by atoms with Gasteiger partial charge < -0.3 is 10.5 Å². The second-order valence-corrected chi connectivity index (χ2v) is 3.83. The number of carbonyl (C=O) groups is 2. The monoisotopic (exact) mass is 294 g/mol. The molecule has 9 heteroatoms. The Morgan fingerprint density at radius 3 is 2.71 bits per heavy atom. The van der Waals surface area contributed by atoms with E-state index in [2.05, 4.69) is 9.84 Å². The molecule has 0 unspecified atom stereocenters. The summed E-state index contributed by atoms with van der Waals surface area (Å²) in [5.74, 6) is -2.23. The number of para-hydroxylation sites is 1. The van der Waals surface area contributed by atoms with Crippen molar-refractivity contribution in [2.45, 2.75) is 13.3 Å². The molecular formula is C12H14N4O5. The molecular weight excluding hydrogens is 280 g/mol. The van der Waals surface area contributed by atoms with Gasteiger partial charge in [0.15, 0.2) is 0 Å². The molecule has 1 amide bonds. The van der Waals surface area contributed by atoms with Crippen molar-refractivity contribution in [1.82, 2.24) is 5.43 Å². The van der Waals surface area contributed by atoms with Gasteiger partial charge in [0.05, 0.1) is 11.5 Å². The first-order chi connectivity index (χ1) is 9.95. The molecule has 0 aliphatic carbocycles. The van der Waals surface area contributed by atoms with Crippen LogP contribution in [0.5, 0.6) is 0 Å². The summed E-state index contributed by atoms with van der Waals surface area (Å²) in [7, 11) is 0. The minimum atomic E-state index is -1.08. The summed E-state index contributed by atoms with van der Waals surface area (Å²) in [5.41, 5.74) is 7.71. The standard InChI is InChI=1S/C12H14N4O5/c1-2-21-12(18)11(17)15-14-10(13)7-8-5-3-4-6-9(8)16(19)20/h3-6H,2,7H2,1H3,(H2,13,14)(H,15,17). The molecule has 1 aromatic rings. The third kappa shape index (κ3) is 4.90. The third-order valence-electron chi connectivity index (χ3n) is 2.32. The quantitative estimate of drug-likeness (QED) is 0.197. The van der Waals surface area contributed by atoms with Crippen LogP contribution in [0.25, 0.3) is 0 Å². The van der Waals surface area contributed by atoms with E-state index in [-0.39, 0.29) is 24.6 Å². The van der Waals surface area contributed by atoms with Crippen molar-refractivity contribution >= 4 is 23.4 Å². The number of nitrogens with zero attached hydrogens (tertiary/aromatic N) is 2. The van der Waals surface area contributed by atoms with E-state index in [4.69, 9.17) is 5.73 Å². The molecule has 0 aromatic heterocycles. The molecule has 9 nitrogen and oxygen atoms in total. The van der Waals surface area contributed by atoms with E-state index in [1.165, 1.54) is 18.2 Å². The summed E-state index contributed by atoms with van der Waals surface area (Å²) in [4.78, 5) is 32.5. The van der Waals surface area contributed by atoms with Crippen LogP contribution in [-0.4, -0.2) is 29.2 Å². The number of benzene rings is 1. The van der Waals surface area contributed by atoms with Gasteiger partial charge in [-0.2, -0.15) is 5.10 Å². The average Bonchev–Trinajstić information content (AvgIpc) is 2.45. The molecule has 112 valence electrons. The number of esters is 1. The molecule has 1 aromatic carbocycles. The van der Waals surface area contributed by atoms with Crippen LogP contribution in [-0.2, 0) is 20.7 Å². The van der Waals surface area contributed by atoms with E-state index in [9.17, 15) is 19.7 Å². The average molecular weight is 294 g/mol. The Morgan fingerprint density at radius 1 is 1.43 bits per heavy atom. The number of hydrogen-bond donors (Lipinski definition) is 2. The van der Waals surface area contributed by atoms with Crippen LogP contribution in [0.4, 0.5) is 5.69 Å². The van der Waals surface area contributed by atoms with E-state index < -0.39 is 16.8 Å². The first-order valence-corrected chi connectivity index (χ1v) is 5.97. The Kier molecular flexibility index (Phi) is 5.80. The number of nitro groups is 1. The Bertz CT molecular complexity index is 585. The van der Waals surface area contributed by atoms with E-state index in [0.717, 1.165) is 0 Å². The smallest absolute Gasteiger partial charge is 0.398 e. The lowest BCUT2D eigenvalue weighted by atomic mass is 10.1. The van der Waals surface area contributed by atoms with E-state index in [1.807, 2.05) is 5.43 Å². The first kappa shape index (κ1) is 16.1. The Morgan fingerprint density at radius 2 is 2.10 bits per heavy atom. The summed E-state index contributed by atoms with van der Waals surface area (Å²) in [6.07, 6.45) is -0.0414. The number of amidine groups is 1. The maximum atomic E-state index is 11.2. The molecule has 0 radical (unpaired) electrons. The lowest BCUT2D eigenvalue weighted by Gasteiger charge is -2.03. The number of hydrazone groups is 1. The number of nitro benzene ring substituents is 1. The van der Waals surface area contributed by atoms with Crippen LogP contribution in [0.1, 0.15) is 12.5 Å². The highest BCUT2D eigenvalue weighted by molar-refractivity contribution is 6.32. The van der Waals surface area contributed by atoms with Gasteiger partial charge in [-0.3, -0.25) is 14.9 Å². The molecule has 0 atom stereocenters. The normalized spacial score (nSPS) is 10.8. The lowest BCUT2D eigenvalue weighted by molar-refractivity contribution is -0.385. The molecule has 0 aliphatic heterocycles. The minimum Gasteiger partial charge on any atom is -0.459 e. The summed E-state index contributed by atoms with van der Waals surface area (Å²) in [5, 5.41) is 14.3. The fraction of sp³-hybridized carbons (Fsp3) is 0.250. The number of hydrogen-bond acceptors (Lipinski definition) is 6. The molecule has 0 spiro atoms. The zero-order chi connectivity index (χ0) is 15.8. The van der Waals surface area contributed by atoms with Gasteiger partial charge >= 0.3 is 11.9 Å². The van der Waals surface area contributed by atoms with E-state index >= 15 is 0 Å². The number of carbonyl (C=O) groups excluding carboxylic acids is 2. The number of nitrogens with one attached hydrogen (secondary N) is 1. The van der Waals surface area contributed by atoms with E-state index in [1.54, 1.807) is 13.0 Å². The predicted octanol–water partition coefficient (Wildman–Crippen LogP) is 0.0888. The van der Waals surface area contributed by atoms with Gasteiger partial charge in [0.2, 0.25) is 0 Å². The second-order valence-electron chi connectivity index (χ2n) is 3.83. The summed E-state index contributed by atoms with van der Waals surface area (Å²) >= 11 is 0. The summed E-state index contributed by atoms with van der Waals surface area (Å²) < 4.78 is 4.45. The second kappa shape index (κ2) is 7.58. The van der Waals surface area contributed by atoms with Gasteiger partial charge in [0, 0.05) is 18.1 Å². The van der Waals surface area contributed by atoms with Gasteiger partial charge in [0.25, 0.3) is 5.69 Å². The highest BCUT2D eigenvalue weighted by atomic mass is 16.6. The predicted molar refractivity (Wildman–Crippen MR) is 73.2 cm³/mol. The van der Waals surface area contributed by atoms with Crippen molar-refractivity contribution in [2.75, 3.05) is 6.61 Å². The van der Waals surface area contributed by atoms with Crippen LogP contribution in [0, 0.1) is 10.1 Å². The van der Waals surface area contributed by atoms with Crippen molar-refractivity contribution in [1.29, 1.82) is 0 Å². The van der Waals surface area contributed by atoms with Gasteiger partial charge in [-0.25, -0.2) is 10.2 Å². The van der Waals surface area contributed by atoms with Gasteiger partial charge in [-0.05, 0) is 6.92 Å². The summed E-state index contributed by atoms with van der Waals surface area (Å²) in [6.45, 7) is 1.61. The fourth-order valence-electron chi connectivity index (χ4n) is 1.44. The molecule has 1 rings (SSSR count). The summed E-state index contributed by atoms with van der Waals surface area (Å²) in [6, 6.07) is 6.00. The van der Waals surface area contributed by atoms with Crippen LogP contribution >= 0.6 is 0 Å². The molecule has 21 heavy (non-hydrogen) atoms.